The Morgan fingerprint density at radius 3 is 2.34 bits per heavy atom. The summed E-state index contributed by atoms with van der Waals surface area (Å²) in [5.41, 5.74) is 0.581. The number of carbonyl (C=O) groups is 4. The number of hydrogen-bond acceptors (Lipinski definition) is 6. The van der Waals surface area contributed by atoms with Gasteiger partial charge in [-0.05, 0) is 68.4 Å². The van der Waals surface area contributed by atoms with Gasteiger partial charge >= 0.3 is 0 Å². The SMILES string of the molecule is C[C@@]12C(=O)N(c3ccc(F)c(Cl)c3)C(=O)[C@@H]1C[C@@H]1C(=CC[C@@H]3C(=O)N(C4CCN(Cc5ccccc5)CC4)C(=O)[C@@H]31)[C@@H]2c1cccc(F)c1O. The van der Waals surface area contributed by atoms with Crippen LogP contribution in [0.3, 0.4) is 0 Å². The molecule has 4 amide bonds. The lowest BCUT2D eigenvalue weighted by Crippen LogP contribution is -2.49. The number of rotatable bonds is 5. The smallest absolute Gasteiger partial charge is 0.241 e. The molecule has 2 aliphatic carbocycles. The minimum absolute atomic E-state index is 0.0935. The maximum absolute atomic E-state index is 15.0. The largest absolute Gasteiger partial charge is 0.505 e. The average Bonchev–Trinajstić information content (AvgIpc) is 3.48. The van der Waals surface area contributed by atoms with E-state index >= 15 is 0 Å². The summed E-state index contributed by atoms with van der Waals surface area (Å²) in [6.07, 6.45) is 3.52. The van der Waals surface area contributed by atoms with Crippen molar-refractivity contribution >= 4 is 40.9 Å². The van der Waals surface area contributed by atoms with Gasteiger partial charge in [-0.25, -0.2) is 13.7 Å². The predicted molar refractivity (Wildman–Crippen MR) is 181 cm³/mol. The van der Waals surface area contributed by atoms with Crippen LogP contribution >= 0.6 is 11.6 Å². The van der Waals surface area contributed by atoms with Crippen molar-refractivity contribution < 1.29 is 33.1 Å². The third-order valence-electron chi connectivity index (χ3n) is 12.0. The van der Waals surface area contributed by atoms with Gasteiger partial charge in [0, 0.05) is 37.2 Å². The third kappa shape index (κ3) is 4.86. The number of hydrogen-bond donors (Lipinski definition) is 1. The van der Waals surface area contributed by atoms with E-state index in [4.69, 9.17) is 11.6 Å². The molecule has 0 unspecified atom stereocenters. The summed E-state index contributed by atoms with van der Waals surface area (Å²) < 4.78 is 29.1. The zero-order chi connectivity index (χ0) is 35.1. The van der Waals surface area contributed by atoms with Crippen molar-refractivity contribution in [1.82, 2.24) is 9.80 Å². The molecule has 8 rings (SSSR count). The van der Waals surface area contributed by atoms with Crippen molar-refractivity contribution in [3.05, 3.63) is 106 Å². The van der Waals surface area contributed by atoms with Crippen molar-refractivity contribution in [2.75, 3.05) is 18.0 Å². The Bertz CT molecular complexity index is 1960. The van der Waals surface area contributed by atoms with Crippen LogP contribution < -0.4 is 4.90 Å². The summed E-state index contributed by atoms with van der Waals surface area (Å²) in [4.78, 5) is 62.1. The van der Waals surface area contributed by atoms with Gasteiger partial charge in [-0.3, -0.25) is 29.0 Å². The van der Waals surface area contributed by atoms with E-state index in [1.54, 1.807) is 6.92 Å². The molecule has 1 saturated carbocycles. The summed E-state index contributed by atoms with van der Waals surface area (Å²) >= 11 is 6.07. The fourth-order valence-corrected chi connectivity index (χ4v) is 9.73. The zero-order valence-electron chi connectivity index (χ0n) is 27.4. The number of nitrogens with zero attached hydrogens (tertiary/aromatic N) is 3. The minimum Gasteiger partial charge on any atom is -0.505 e. The Hall–Kier alpha value is -4.41. The maximum atomic E-state index is 15.0. The van der Waals surface area contributed by atoms with Crippen LogP contribution in [0.4, 0.5) is 14.5 Å². The van der Waals surface area contributed by atoms with E-state index in [0.29, 0.717) is 18.4 Å². The van der Waals surface area contributed by atoms with Crippen molar-refractivity contribution in [3.8, 4) is 5.75 Å². The van der Waals surface area contributed by atoms with Crippen LogP contribution in [-0.4, -0.2) is 57.7 Å². The number of halogens is 3. The highest BCUT2D eigenvalue weighted by molar-refractivity contribution is 6.31. The number of piperidine rings is 1. The van der Waals surface area contributed by atoms with Crippen molar-refractivity contribution in [1.29, 1.82) is 0 Å². The highest BCUT2D eigenvalue weighted by Crippen LogP contribution is 2.64. The Morgan fingerprint density at radius 1 is 0.880 bits per heavy atom. The number of imide groups is 2. The maximum Gasteiger partial charge on any atom is 0.241 e. The van der Waals surface area contributed by atoms with Crippen molar-refractivity contribution in [2.45, 2.75) is 51.1 Å². The van der Waals surface area contributed by atoms with Crippen molar-refractivity contribution in [3.63, 3.8) is 0 Å². The number of para-hydroxylation sites is 1. The molecule has 5 aliphatic rings. The first-order valence-electron chi connectivity index (χ1n) is 17.1. The second-order valence-corrected chi connectivity index (χ2v) is 14.9. The molecule has 3 heterocycles. The van der Waals surface area contributed by atoms with E-state index in [9.17, 15) is 33.1 Å². The first-order valence-corrected chi connectivity index (χ1v) is 17.5. The Kier molecular flexibility index (Phi) is 7.95. The molecular weight excluding hydrogens is 664 g/mol. The molecule has 6 atom stereocenters. The highest BCUT2D eigenvalue weighted by Gasteiger charge is 2.68. The van der Waals surface area contributed by atoms with E-state index in [1.807, 2.05) is 24.3 Å². The number of phenols is 1. The van der Waals surface area contributed by atoms with E-state index in [0.717, 1.165) is 36.7 Å². The molecule has 11 heteroatoms. The van der Waals surface area contributed by atoms with E-state index in [1.165, 1.54) is 34.7 Å². The van der Waals surface area contributed by atoms with E-state index in [-0.39, 0.29) is 47.0 Å². The fraction of sp³-hybridized carbons (Fsp3) is 0.385. The monoisotopic (exact) mass is 699 g/mol. The molecular formula is C39H36ClF2N3O5. The summed E-state index contributed by atoms with van der Waals surface area (Å²) in [6, 6.07) is 17.6. The van der Waals surface area contributed by atoms with E-state index in [2.05, 4.69) is 17.0 Å². The lowest BCUT2D eigenvalue weighted by molar-refractivity contribution is -0.144. The number of fused-ring (bicyclic) bond motifs is 4. The zero-order valence-corrected chi connectivity index (χ0v) is 28.2. The molecule has 3 aliphatic heterocycles. The number of allylic oxidation sites excluding steroid dienone is 2. The van der Waals surface area contributed by atoms with Gasteiger partial charge in [0.1, 0.15) is 5.82 Å². The molecule has 4 fully saturated rings. The Morgan fingerprint density at radius 2 is 1.62 bits per heavy atom. The topological polar surface area (TPSA) is 98.2 Å². The fourth-order valence-electron chi connectivity index (χ4n) is 9.56. The molecule has 3 aromatic rings. The Balaban J connectivity index is 1.14. The van der Waals surface area contributed by atoms with E-state index < -0.39 is 64.2 Å². The van der Waals surface area contributed by atoms with Gasteiger partial charge in [-0.2, -0.15) is 0 Å². The second-order valence-electron chi connectivity index (χ2n) is 14.5. The molecule has 0 aromatic heterocycles. The standard InChI is InChI=1S/C39H36ClF2N3O5/c1-39-28(36(48)45(38(39)50)23-10-13-30(41)29(40)18-23)19-27-24(33(39)26-8-5-9-31(42)34(26)46)11-12-25-32(27)37(49)44(35(25)47)22-14-16-43(17-15-22)20-21-6-3-2-4-7-21/h2-11,13,18,22,25,27-28,32-33,46H,12,14-17,19-20H2,1H3/t25-,27+,28-,32-,33+,39+/m0/s1. The molecule has 0 radical (unpaired) electrons. The van der Waals surface area contributed by atoms with Crippen LogP contribution in [0.5, 0.6) is 5.75 Å². The highest BCUT2D eigenvalue weighted by atomic mass is 35.5. The molecule has 3 saturated heterocycles. The summed E-state index contributed by atoms with van der Waals surface area (Å²) in [6.45, 7) is 3.90. The molecule has 8 nitrogen and oxygen atoms in total. The summed E-state index contributed by atoms with van der Waals surface area (Å²) in [5, 5.41) is 10.8. The van der Waals surface area contributed by atoms with Gasteiger partial charge in [-0.1, -0.05) is 65.7 Å². The van der Waals surface area contributed by atoms with Crippen LogP contribution in [0.15, 0.2) is 78.4 Å². The normalized spacial score (nSPS) is 30.0. The number of anilines is 1. The van der Waals surface area contributed by atoms with Gasteiger partial charge in [0.15, 0.2) is 11.6 Å². The van der Waals surface area contributed by atoms with Gasteiger partial charge in [0.25, 0.3) is 0 Å². The minimum atomic E-state index is -1.49. The number of aromatic hydroxyl groups is 1. The van der Waals surface area contributed by atoms with Crippen LogP contribution in [-0.2, 0) is 25.7 Å². The van der Waals surface area contributed by atoms with Gasteiger partial charge < -0.3 is 5.11 Å². The van der Waals surface area contributed by atoms with Crippen LogP contribution in [0.1, 0.15) is 49.7 Å². The van der Waals surface area contributed by atoms with Crippen LogP contribution in [0.25, 0.3) is 0 Å². The first-order chi connectivity index (χ1) is 24.0. The van der Waals surface area contributed by atoms with Crippen LogP contribution in [0, 0.1) is 40.7 Å². The number of benzene rings is 3. The van der Waals surface area contributed by atoms with Crippen LogP contribution in [0.2, 0.25) is 5.02 Å². The molecule has 0 bridgehead atoms. The molecule has 258 valence electrons. The molecule has 50 heavy (non-hydrogen) atoms. The third-order valence-corrected chi connectivity index (χ3v) is 12.3. The van der Waals surface area contributed by atoms with Gasteiger partial charge in [0.05, 0.1) is 33.9 Å². The molecule has 3 aromatic carbocycles. The number of likely N-dealkylation sites (tertiary alicyclic amines) is 2. The lowest BCUT2D eigenvalue weighted by Gasteiger charge is -2.49. The van der Waals surface area contributed by atoms with Gasteiger partial charge in [0.2, 0.25) is 23.6 Å². The number of carbonyl (C=O) groups excluding carboxylic acids is 4. The summed E-state index contributed by atoms with van der Waals surface area (Å²) in [5.74, 6) is -7.81. The average molecular weight is 700 g/mol. The number of amides is 4. The predicted octanol–water partition coefficient (Wildman–Crippen LogP) is 6.22. The second kappa shape index (κ2) is 12.1. The van der Waals surface area contributed by atoms with Crippen molar-refractivity contribution in [2.24, 2.45) is 29.1 Å². The first kappa shape index (κ1) is 32.8. The number of phenolic OH excluding ortho intramolecular Hbond substituents is 1. The lowest BCUT2D eigenvalue weighted by atomic mass is 9.51. The summed E-state index contributed by atoms with van der Waals surface area (Å²) in [7, 11) is 0. The molecule has 0 spiro atoms. The Labute approximate surface area is 293 Å². The molecule has 1 N–H and O–H groups in total. The van der Waals surface area contributed by atoms with Gasteiger partial charge in [-0.15, -0.1) is 0 Å². The quantitative estimate of drug-likeness (QED) is 0.251.